The summed E-state index contributed by atoms with van der Waals surface area (Å²) in [6.45, 7) is 4.22. The molecule has 0 aliphatic carbocycles. The van der Waals surface area contributed by atoms with E-state index >= 15 is 0 Å². The number of carbonyl (C=O) groups is 1. The van der Waals surface area contributed by atoms with E-state index in [-0.39, 0.29) is 11.9 Å². The molecule has 1 amide bonds. The molecular weight excluding hydrogens is 252 g/mol. The summed E-state index contributed by atoms with van der Waals surface area (Å²) in [5.41, 5.74) is 8.18. The Morgan fingerprint density at radius 2 is 2.00 bits per heavy atom. The Balaban J connectivity index is 1.72. The molecule has 0 bridgehead atoms. The fourth-order valence-corrected chi connectivity index (χ4v) is 2.92. The fraction of sp³-hybridized carbons (Fsp3) is 0.533. The van der Waals surface area contributed by atoms with Crippen molar-refractivity contribution >= 4 is 17.3 Å². The molecule has 5 nitrogen and oxygen atoms in total. The van der Waals surface area contributed by atoms with Crippen LogP contribution in [0.15, 0.2) is 24.3 Å². The van der Waals surface area contributed by atoms with Crippen LogP contribution in [0.25, 0.3) is 0 Å². The highest BCUT2D eigenvalue weighted by atomic mass is 16.2. The van der Waals surface area contributed by atoms with Gasteiger partial charge in [0, 0.05) is 19.1 Å². The van der Waals surface area contributed by atoms with Gasteiger partial charge < -0.3 is 10.2 Å². The van der Waals surface area contributed by atoms with Crippen molar-refractivity contribution in [3.8, 4) is 0 Å². The standard InChI is InChI=1S/C15H22N4O/c1-11-10-13(18-17-11)15(20)16-12-6-2-3-7-14(12)19-8-4-5-9-19/h2-3,6-7,11,13,17-18H,4-5,8-10H2,1H3,(H,16,20). The van der Waals surface area contributed by atoms with E-state index in [9.17, 15) is 4.79 Å². The van der Waals surface area contributed by atoms with Crippen molar-refractivity contribution in [3.05, 3.63) is 24.3 Å². The molecule has 2 saturated heterocycles. The number of carbonyl (C=O) groups excluding carboxylic acids is 1. The van der Waals surface area contributed by atoms with E-state index in [4.69, 9.17) is 0 Å². The Morgan fingerprint density at radius 1 is 1.25 bits per heavy atom. The summed E-state index contributed by atoms with van der Waals surface area (Å²) in [6.07, 6.45) is 3.28. The second-order valence-corrected chi connectivity index (χ2v) is 5.68. The third-order valence-electron chi connectivity index (χ3n) is 4.02. The highest BCUT2D eigenvalue weighted by Gasteiger charge is 2.27. The molecule has 1 aromatic rings. The number of nitrogens with zero attached hydrogens (tertiary/aromatic N) is 1. The van der Waals surface area contributed by atoms with Crippen LogP contribution in [0.1, 0.15) is 26.2 Å². The monoisotopic (exact) mass is 274 g/mol. The molecule has 2 heterocycles. The van der Waals surface area contributed by atoms with Crippen molar-refractivity contribution < 1.29 is 4.79 Å². The second-order valence-electron chi connectivity index (χ2n) is 5.68. The van der Waals surface area contributed by atoms with Crippen LogP contribution in [0.2, 0.25) is 0 Å². The van der Waals surface area contributed by atoms with Crippen LogP contribution in [0.5, 0.6) is 0 Å². The van der Waals surface area contributed by atoms with Crippen LogP contribution in [-0.4, -0.2) is 31.1 Å². The summed E-state index contributed by atoms with van der Waals surface area (Å²) in [6, 6.07) is 8.25. The molecule has 20 heavy (non-hydrogen) atoms. The first-order valence-corrected chi connectivity index (χ1v) is 7.40. The van der Waals surface area contributed by atoms with Gasteiger partial charge in [0.2, 0.25) is 5.91 Å². The predicted molar refractivity (Wildman–Crippen MR) is 80.7 cm³/mol. The molecule has 0 radical (unpaired) electrons. The Morgan fingerprint density at radius 3 is 2.70 bits per heavy atom. The van der Waals surface area contributed by atoms with Gasteiger partial charge in [-0.1, -0.05) is 12.1 Å². The summed E-state index contributed by atoms with van der Waals surface area (Å²) >= 11 is 0. The second kappa shape index (κ2) is 5.81. The van der Waals surface area contributed by atoms with Crippen LogP contribution in [0.3, 0.4) is 0 Å². The minimum atomic E-state index is -0.156. The molecule has 2 unspecified atom stereocenters. The third-order valence-corrected chi connectivity index (χ3v) is 4.02. The highest BCUT2D eigenvalue weighted by Crippen LogP contribution is 2.28. The van der Waals surface area contributed by atoms with Crippen LogP contribution in [0.4, 0.5) is 11.4 Å². The van der Waals surface area contributed by atoms with Crippen molar-refractivity contribution in [1.29, 1.82) is 0 Å². The van der Waals surface area contributed by atoms with E-state index in [1.807, 2.05) is 18.2 Å². The van der Waals surface area contributed by atoms with E-state index in [0.717, 1.165) is 30.9 Å². The summed E-state index contributed by atoms with van der Waals surface area (Å²) in [4.78, 5) is 14.6. The number of hydrogen-bond donors (Lipinski definition) is 3. The quantitative estimate of drug-likeness (QED) is 0.781. The fourth-order valence-electron chi connectivity index (χ4n) is 2.92. The normalized spacial score (nSPS) is 25.9. The van der Waals surface area contributed by atoms with Gasteiger partial charge in [0.15, 0.2) is 0 Å². The maximum absolute atomic E-state index is 12.3. The minimum Gasteiger partial charge on any atom is -0.370 e. The van der Waals surface area contributed by atoms with Crippen LogP contribution in [-0.2, 0) is 4.79 Å². The average molecular weight is 274 g/mol. The molecule has 2 atom stereocenters. The molecule has 2 aliphatic heterocycles. The molecular formula is C15H22N4O. The summed E-state index contributed by atoms with van der Waals surface area (Å²) in [7, 11) is 0. The predicted octanol–water partition coefficient (Wildman–Crippen LogP) is 1.48. The molecule has 5 heteroatoms. The van der Waals surface area contributed by atoms with Crippen LogP contribution >= 0.6 is 0 Å². The zero-order valence-electron chi connectivity index (χ0n) is 11.9. The van der Waals surface area contributed by atoms with E-state index in [1.165, 1.54) is 12.8 Å². The number of para-hydroxylation sites is 2. The van der Waals surface area contributed by atoms with Gasteiger partial charge in [-0.2, -0.15) is 0 Å². The molecule has 3 N–H and O–H groups in total. The highest BCUT2D eigenvalue weighted by molar-refractivity contribution is 5.97. The molecule has 3 rings (SSSR count). The van der Waals surface area contributed by atoms with Gasteiger partial charge in [0.05, 0.1) is 11.4 Å². The first-order chi connectivity index (χ1) is 9.74. The van der Waals surface area contributed by atoms with Gasteiger partial charge in [-0.3, -0.25) is 10.2 Å². The Hall–Kier alpha value is -1.59. The lowest BCUT2D eigenvalue weighted by Crippen LogP contribution is -2.40. The van der Waals surface area contributed by atoms with Gasteiger partial charge in [-0.05, 0) is 38.3 Å². The van der Waals surface area contributed by atoms with Crippen molar-refractivity contribution in [3.63, 3.8) is 0 Å². The number of nitrogens with one attached hydrogen (secondary N) is 3. The van der Waals surface area contributed by atoms with E-state index in [1.54, 1.807) is 0 Å². The largest absolute Gasteiger partial charge is 0.370 e. The molecule has 2 aliphatic rings. The lowest BCUT2D eigenvalue weighted by Gasteiger charge is -2.22. The molecule has 0 spiro atoms. The Bertz CT molecular complexity index is 485. The van der Waals surface area contributed by atoms with Gasteiger partial charge >= 0.3 is 0 Å². The number of benzene rings is 1. The molecule has 0 saturated carbocycles. The molecule has 1 aromatic carbocycles. The average Bonchev–Trinajstić information content (AvgIpc) is 3.10. The summed E-state index contributed by atoms with van der Waals surface area (Å²) < 4.78 is 0. The smallest absolute Gasteiger partial charge is 0.242 e. The first-order valence-electron chi connectivity index (χ1n) is 7.40. The molecule has 2 fully saturated rings. The minimum absolute atomic E-state index is 0.0356. The zero-order chi connectivity index (χ0) is 13.9. The Kier molecular flexibility index (Phi) is 3.89. The number of amides is 1. The van der Waals surface area contributed by atoms with Crippen LogP contribution < -0.4 is 21.1 Å². The summed E-state index contributed by atoms with van der Waals surface area (Å²) in [5, 5.41) is 3.07. The SMILES string of the molecule is CC1CC(C(=O)Nc2ccccc2N2CCCC2)NN1. The van der Waals surface area contributed by atoms with Gasteiger partial charge in [-0.15, -0.1) is 0 Å². The van der Waals surface area contributed by atoms with Crippen molar-refractivity contribution in [1.82, 2.24) is 10.9 Å². The van der Waals surface area contributed by atoms with Crippen molar-refractivity contribution in [2.75, 3.05) is 23.3 Å². The van der Waals surface area contributed by atoms with Crippen molar-refractivity contribution in [2.45, 2.75) is 38.3 Å². The van der Waals surface area contributed by atoms with Gasteiger partial charge in [0.1, 0.15) is 6.04 Å². The number of rotatable bonds is 3. The lowest BCUT2D eigenvalue weighted by atomic mass is 10.1. The van der Waals surface area contributed by atoms with Gasteiger partial charge in [0.25, 0.3) is 0 Å². The summed E-state index contributed by atoms with van der Waals surface area (Å²) in [5.74, 6) is 0.0356. The number of anilines is 2. The maximum Gasteiger partial charge on any atom is 0.242 e. The molecule has 0 aromatic heterocycles. The van der Waals surface area contributed by atoms with Crippen molar-refractivity contribution in [2.24, 2.45) is 0 Å². The van der Waals surface area contributed by atoms with E-state index in [2.05, 4.69) is 34.1 Å². The molecule has 108 valence electrons. The first kappa shape index (κ1) is 13.4. The maximum atomic E-state index is 12.3. The Labute approximate surface area is 119 Å². The van der Waals surface area contributed by atoms with E-state index in [0.29, 0.717) is 6.04 Å². The van der Waals surface area contributed by atoms with Gasteiger partial charge in [-0.25, -0.2) is 5.43 Å². The third kappa shape index (κ3) is 2.78. The lowest BCUT2D eigenvalue weighted by molar-refractivity contribution is -0.117. The topological polar surface area (TPSA) is 56.4 Å². The zero-order valence-corrected chi connectivity index (χ0v) is 11.9. The number of hydrazine groups is 1. The van der Waals surface area contributed by atoms with E-state index < -0.39 is 0 Å². The van der Waals surface area contributed by atoms with Crippen LogP contribution in [0, 0.1) is 0 Å². The number of hydrogen-bond acceptors (Lipinski definition) is 4.